The van der Waals surface area contributed by atoms with Crippen LogP contribution in [0.3, 0.4) is 0 Å². The molecule has 0 saturated carbocycles. The predicted molar refractivity (Wildman–Crippen MR) is 158 cm³/mol. The number of aliphatic hydroxyl groups is 1. The minimum Gasteiger partial charge on any atom is -0.392 e. The highest BCUT2D eigenvalue weighted by molar-refractivity contribution is 7.85. The van der Waals surface area contributed by atoms with Gasteiger partial charge in [0.15, 0.2) is 5.78 Å². The van der Waals surface area contributed by atoms with Crippen molar-refractivity contribution in [3.8, 4) is 22.3 Å². The number of carbonyl (C=O) groups excluding carboxylic acids is 1. The lowest BCUT2D eigenvalue weighted by Crippen LogP contribution is -2.06. The normalized spacial score (nSPS) is 11.8. The van der Waals surface area contributed by atoms with Crippen molar-refractivity contribution in [2.45, 2.75) is 37.2 Å². The maximum atomic E-state index is 13.3. The molecule has 0 aromatic heterocycles. The minimum absolute atomic E-state index is 0.0313. The molecule has 0 amide bonds. The van der Waals surface area contributed by atoms with Gasteiger partial charge in [-0.3, -0.25) is 4.79 Å². The Bertz CT molecular complexity index is 1700. The van der Waals surface area contributed by atoms with Gasteiger partial charge in [0, 0.05) is 20.9 Å². The van der Waals surface area contributed by atoms with Crippen molar-refractivity contribution in [3.63, 3.8) is 0 Å². The van der Waals surface area contributed by atoms with E-state index in [9.17, 15) is 14.1 Å². The number of ketones is 1. The molecule has 0 aliphatic carbocycles. The number of hydrogen-bond acceptors (Lipinski definition) is 3. The molecular formula is C35H30O3S. The maximum Gasteiger partial charge on any atom is 0.193 e. The second-order valence-electron chi connectivity index (χ2n) is 9.77. The molecule has 4 heteroatoms. The molecule has 1 unspecified atom stereocenters. The first-order valence-corrected chi connectivity index (χ1v) is 14.1. The third-order valence-corrected chi connectivity index (χ3v) is 8.80. The number of aryl methyl sites for hydroxylation is 3. The quantitative estimate of drug-likeness (QED) is 0.218. The number of benzene rings is 5. The van der Waals surface area contributed by atoms with E-state index < -0.39 is 10.8 Å². The minimum atomic E-state index is -1.37. The summed E-state index contributed by atoms with van der Waals surface area (Å²) in [6.07, 6.45) is 0. The predicted octanol–water partition coefficient (Wildman–Crippen LogP) is 7.84. The third kappa shape index (κ3) is 5.40. The summed E-state index contributed by atoms with van der Waals surface area (Å²) in [4.78, 5) is 14.7. The summed E-state index contributed by atoms with van der Waals surface area (Å²) in [5, 5.41) is 10.1. The SMILES string of the molecule is Cc1ccccc1C(=O)c1cc(-c2ccc(-c3ccc(S(=O)c4ccccc4C)c(CO)c3)cc2)ccc1C. The second-order valence-corrected chi connectivity index (χ2v) is 11.2. The van der Waals surface area contributed by atoms with Crippen LogP contribution in [0, 0.1) is 20.8 Å². The molecule has 1 N–H and O–H groups in total. The van der Waals surface area contributed by atoms with Crippen LogP contribution in [-0.4, -0.2) is 15.1 Å². The van der Waals surface area contributed by atoms with Crippen LogP contribution in [0.1, 0.15) is 38.2 Å². The summed E-state index contributed by atoms with van der Waals surface area (Å²) < 4.78 is 13.3. The van der Waals surface area contributed by atoms with E-state index in [-0.39, 0.29) is 12.4 Å². The van der Waals surface area contributed by atoms with Gasteiger partial charge in [0.05, 0.1) is 17.4 Å². The fraction of sp³-hybridized carbons (Fsp3) is 0.114. The highest BCUT2D eigenvalue weighted by Crippen LogP contribution is 2.31. The Morgan fingerprint density at radius 2 is 1.13 bits per heavy atom. The van der Waals surface area contributed by atoms with Crippen molar-refractivity contribution < 1.29 is 14.1 Å². The van der Waals surface area contributed by atoms with E-state index in [2.05, 4.69) is 0 Å². The lowest BCUT2D eigenvalue weighted by atomic mass is 9.92. The molecule has 5 aromatic rings. The summed E-state index contributed by atoms with van der Waals surface area (Å²) in [6, 6.07) is 35.1. The van der Waals surface area contributed by atoms with Gasteiger partial charge in [-0.05, 0) is 89.5 Å². The lowest BCUT2D eigenvalue weighted by Gasteiger charge is -2.13. The van der Waals surface area contributed by atoms with Crippen molar-refractivity contribution in [1.82, 2.24) is 0 Å². The van der Waals surface area contributed by atoms with Crippen LogP contribution in [-0.2, 0) is 17.4 Å². The largest absolute Gasteiger partial charge is 0.392 e. The van der Waals surface area contributed by atoms with E-state index in [0.29, 0.717) is 16.0 Å². The molecule has 0 heterocycles. The Morgan fingerprint density at radius 1 is 0.590 bits per heavy atom. The Morgan fingerprint density at radius 3 is 1.77 bits per heavy atom. The molecule has 39 heavy (non-hydrogen) atoms. The summed E-state index contributed by atoms with van der Waals surface area (Å²) in [5.74, 6) is 0.0313. The first-order chi connectivity index (χ1) is 18.9. The van der Waals surface area contributed by atoms with Gasteiger partial charge in [0.2, 0.25) is 0 Å². The average Bonchev–Trinajstić information content (AvgIpc) is 2.97. The zero-order chi connectivity index (χ0) is 27.5. The fourth-order valence-corrected chi connectivity index (χ4v) is 6.17. The highest BCUT2D eigenvalue weighted by Gasteiger charge is 2.16. The molecule has 3 nitrogen and oxygen atoms in total. The first-order valence-electron chi connectivity index (χ1n) is 12.9. The van der Waals surface area contributed by atoms with E-state index in [1.54, 1.807) is 0 Å². The van der Waals surface area contributed by atoms with E-state index in [1.165, 1.54) is 0 Å². The monoisotopic (exact) mass is 530 g/mol. The zero-order valence-corrected chi connectivity index (χ0v) is 23.1. The molecule has 0 spiro atoms. The Hall–Kier alpha value is -4.12. The van der Waals surface area contributed by atoms with Crippen LogP contribution in [0.15, 0.2) is 119 Å². The van der Waals surface area contributed by atoms with Gasteiger partial charge in [0.25, 0.3) is 0 Å². The van der Waals surface area contributed by atoms with E-state index >= 15 is 0 Å². The van der Waals surface area contributed by atoms with Gasteiger partial charge in [-0.1, -0.05) is 84.9 Å². The van der Waals surface area contributed by atoms with Crippen LogP contribution in [0.25, 0.3) is 22.3 Å². The molecule has 0 radical (unpaired) electrons. The van der Waals surface area contributed by atoms with E-state index in [0.717, 1.165) is 49.4 Å². The summed E-state index contributed by atoms with van der Waals surface area (Å²) >= 11 is 0. The van der Waals surface area contributed by atoms with Gasteiger partial charge in [-0.15, -0.1) is 0 Å². The fourth-order valence-electron chi connectivity index (χ4n) is 4.82. The Kier molecular flexibility index (Phi) is 7.69. The van der Waals surface area contributed by atoms with E-state index in [1.807, 2.05) is 130 Å². The van der Waals surface area contributed by atoms with Crippen molar-refractivity contribution in [2.75, 3.05) is 0 Å². The van der Waals surface area contributed by atoms with Crippen molar-refractivity contribution in [2.24, 2.45) is 0 Å². The zero-order valence-electron chi connectivity index (χ0n) is 22.3. The van der Waals surface area contributed by atoms with Gasteiger partial charge < -0.3 is 5.11 Å². The van der Waals surface area contributed by atoms with E-state index in [4.69, 9.17) is 0 Å². The third-order valence-electron chi connectivity index (χ3n) is 7.15. The Labute approximate surface area is 232 Å². The summed E-state index contributed by atoms with van der Waals surface area (Å²) in [6.45, 7) is 5.67. The van der Waals surface area contributed by atoms with Crippen molar-refractivity contribution in [1.29, 1.82) is 0 Å². The molecule has 0 bridgehead atoms. The van der Waals surface area contributed by atoms with Gasteiger partial charge in [-0.25, -0.2) is 4.21 Å². The molecule has 1 atom stereocenters. The molecule has 0 aliphatic heterocycles. The van der Waals surface area contributed by atoms with Crippen LogP contribution >= 0.6 is 0 Å². The topological polar surface area (TPSA) is 54.4 Å². The van der Waals surface area contributed by atoms with Crippen LogP contribution < -0.4 is 0 Å². The van der Waals surface area contributed by atoms with Gasteiger partial charge >= 0.3 is 0 Å². The number of hydrogen-bond donors (Lipinski definition) is 1. The smallest absolute Gasteiger partial charge is 0.193 e. The summed E-state index contributed by atoms with van der Waals surface area (Å²) in [5.41, 5.74) is 8.86. The molecule has 0 fully saturated rings. The first kappa shape index (κ1) is 26.5. The van der Waals surface area contributed by atoms with Crippen LogP contribution in [0.2, 0.25) is 0 Å². The standard InChI is InChI=1S/C35H30O3S/c1-23-8-4-6-10-31(23)35(37)32-21-29(13-12-24(32)2)27-16-14-26(15-17-27)28-18-19-34(30(20-28)22-36)39(38)33-11-7-5-9-25(33)3/h4-21,36H,22H2,1-3H3. The second kappa shape index (κ2) is 11.3. The van der Waals surface area contributed by atoms with Crippen LogP contribution in [0.4, 0.5) is 0 Å². The number of carbonyl (C=O) groups is 1. The summed E-state index contributed by atoms with van der Waals surface area (Å²) in [7, 11) is -1.37. The van der Waals surface area contributed by atoms with Crippen LogP contribution in [0.5, 0.6) is 0 Å². The number of rotatable bonds is 7. The molecule has 0 saturated heterocycles. The van der Waals surface area contributed by atoms with Crippen molar-refractivity contribution >= 4 is 16.6 Å². The lowest BCUT2D eigenvalue weighted by molar-refractivity contribution is 0.103. The molecule has 0 aliphatic rings. The van der Waals surface area contributed by atoms with Gasteiger partial charge in [0.1, 0.15) is 0 Å². The highest BCUT2D eigenvalue weighted by atomic mass is 32.2. The van der Waals surface area contributed by atoms with Crippen molar-refractivity contribution in [3.05, 3.63) is 143 Å². The molecule has 5 rings (SSSR count). The molecule has 5 aromatic carbocycles. The molecule has 194 valence electrons. The Balaban J connectivity index is 1.43. The maximum absolute atomic E-state index is 13.3. The average molecular weight is 531 g/mol. The molecular weight excluding hydrogens is 500 g/mol. The van der Waals surface area contributed by atoms with Gasteiger partial charge in [-0.2, -0.15) is 0 Å². The number of aliphatic hydroxyl groups excluding tert-OH is 1.